The summed E-state index contributed by atoms with van der Waals surface area (Å²) in [5, 5.41) is 15.6. The van der Waals surface area contributed by atoms with Crippen molar-refractivity contribution in [2.75, 3.05) is 13.1 Å². The Morgan fingerprint density at radius 3 is 3.08 bits per heavy atom. The summed E-state index contributed by atoms with van der Waals surface area (Å²) < 4.78 is 0. The van der Waals surface area contributed by atoms with Crippen molar-refractivity contribution in [1.29, 1.82) is 5.26 Å². The normalized spacial score (nSPS) is 33.7. The van der Waals surface area contributed by atoms with E-state index < -0.39 is 0 Å². The Morgan fingerprint density at radius 1 is 1.85 bits per heavy atom. The topological polar surface area (TPSA) is 47.9 Å². The molecule has 2 N–H and O–H groups in total. The van der Waals surface area contributed by atoms with E-state index in [9.17, 15) is 0 Å². The van der Waals surface area contributed by atoms with Crippen LogP contribution in [0, 0.1) is 11.3 Å². The van der Waals surface area contributed by atoms with Gasteiger partial charge in [0, 0.05) is 19.1 Å². The summed E-state index contributed by atoms with van der Waals surface area (Å²) in [6.45, 7) is 7.21. The Balaban J connectivity index is 2.51. The zero-order valence-electron chi connectivity index (χ0n) is 8.14. The van der Waals surface area contributed by atoms with E-state index >= 15 is 0 Å². The lowest BCUT2D eigenvalue weighted by Gasteiger charge is -2.35. The Labute approximate surface area is 79.8 Å². The quantitative estimate of drug-likeness (QED) is 0.630. The van der Waals surface area contributed by atoms with Gasteiger partial charge in [-0.2, -0.15) is 5.26 Å². The fourth-order valence-electron chi connectivity index (χ4n) is 1.56. The molecule has 1 fully saturated rings. The first kappa shape index (κ1) is 10.2. The van der Waals surface area contributed by atoms with Crippen molar-refractivity contribution in [2.45, 2.75) is 31.3 Å². The van der Waals surface area contributed by atoms with Crippen molar-refractivity contribution in [3.63, 3.8) is 0 Å². The van der Waals surface area contributed by atoms with Crippen LogP contribution >= 0.6 is 0 Å². The highest BCUT2D eigenvalue weighted by Gasteiger charge is 2.32. The number of hydrogen-bond acceptors (Lipinski definition) is 3. The molecule has 0 saturated carbocycles. The molecular formula is C10H17N3. The maximum Gasteiger partial charge on any atom is 0.119 e. The van der Waals surface area contributed by atoms with Gasteiger partial charge < -0.3 is 5.32 Å². The van der Waals surface area contributed by atoms with E-state index in [-0.39, 0.29) is 5.54 Å². The fourth-order valence-corrected chi connectivity index (χ4v) is 1.56. The molecule has 1 aliphatic heterocycles. The molecule has 0 amide bonds. The third-order valence-corrected chi connectivity index (χ3v) is 2.56. The molecule has 0 bridgehead atoms. The van der Waals surface area contributed by atoms with Crippen LogP contribution in [-0.4, -0.2) is 24.7 Å². The van der Waals surface area contributed by atoms with Gasteiger partial charge in [-0.25, -0.2) is 0 Å². The number of piperidine rings is 1. The first-order valence-corrected chi connectivity index (χ1v) is 4.73. The predicted molar refractivity (Wildman–Crippen MR) is 53.2 cm³/mol. The maximum atomic E-state index is 9.07. The molecule has 1 rings (SSSR count). The standard InChI is InChI=1S/C10H17N3/c1-3-6-13-10(7-11)5-4-9(2)12-8-10/h3,9,12-13H,1,4-6,8H2,2H3. The molecule has 13 heavy (non-hydrogen) atoms. The predicted octanol–water partition coefficient (Wildman–Crippen LogP) is 0.796. The van der Waals surface area contributed by atoms with E-state index in [0.717, 1.165) is 19.4 Å². The number of nitrogens with one attached hydrogen (secondary N) is 2. The van der Waals surface area contributed by atoms with Crippen molar-refractivity contribution in [2.24, 2.45) is 0 Å². The minimum absolute atomic E-state index is 0.374. The van der Waals surface area contributed by atoms with Gasteiger partial charge in [-0.1, -0.05) is 6.08 Å². The van der Waals surface area contributed by atoms with E-state index in [4.69, 9.17) is 5.26 Å². The molecule has 2 atom stereocenters. The number of nitriles is 1. The van der Waals surface area contributed by atoms with Crippen LogP contribution in [-0.2, 0) is 0 Å². The summed E-state index contributed by atoms with van der Waals surface area (Å²) in [5.41, 5.74) is -0.374. The lowest BCUT2D eigenvalue weighted by atomic mass is 9.89. The number of hydrogen-bond donors (Lipinski definition) is 2. The lowest BCUT2D eigenvalue weighted by molar-refractivity contribution is 0.285. The van der Waals surface area contributed by atoms with E-state index in [1.165, 1.54) is 0 Å². The second-order valence-electron chi connectivity index (χ2n) is 3.68. The van der Waals surface area contributed by atoms with Crippen molar-refractivity contribution in [3.8, 4) is 6.07 Å². The smallest absolute Gasteiger partial charge is 0.119 e. The van der Waals surface area contributed by atoms with Crippen molar-refractivity contribution in [3.05, 3.63) is 12.7 Å². The molecule has 0 aromatic heterocycles. The van der Waals surface area contributed by atoms with Crippen molar-refractivity contribution < 1.29 is 0 Å². The van der Waals surface area contributed by atoms with Crippen LogP contribution in [0.15, 0.2) is 12.7 Å². The van der Waals surface area contributed by atoms with Gasteiger partial charge in [0.2, 0.25) is 0 Å². The molecule has 72 valence electrons. The highest BCUT2D eigenvalue weighted by Crippen LogP contribution is 2.17. The largest absolute Gasteiger partial charge is 0.311 e. The molecule has 0 spiro atoms. The summed E-state index contributed by atoms with van der Waals surface area (Å²) in [5.74, 6) is 0. The Kier molecular flexibility index (Phi) is 3.47. The molecule has 0 radical (unpaired) electrons. The molecule has 2 unspecified atom stereocenters. The van der Waals surface area contributed by atoms with Gasteiger partial charge in [0.25, 0.3) is 0 Å². The molecule has 0 aliphatic carbocycles. The number of nitrogens with zero attached hydrogens (tertiary/aromatic N) is 1. The van der Waals surface area contributed by atoms with Crippen molar-refractivity contribution in [1.82, 2.24) is 10.6 Å². The molecule has 1 saturated heterocycles. The van der Waals surface area contributed by atoms with E-state index in [0.29, 0.717) is 12.6 Å². The minimum atomic E-state index is -0.374. The van der Waals surface area contributed by atoms with Crippen LogP contribution in [0.2, 0.25) is 0 Å². The fraction of sp³-hybridized carbons (Fsp3) is 0.700. The molecule has 0 aromatic carbocycles. The Hall–Kier alpha value is -0.850. The molecule has 1 aliphatic rings. The first-order chi connectivity index (χ1) is 6.22. The highest BCUT2D eigenvalue weighted by atomic mass is 15.1. The summed E-state index contributed by atoms with van der Waals surface area (Å²) in [6, 6.07) is 2.89. The van der Waals surface area contributed by atoms with Crippen LogP contribution in [0.5, 0.6) is 0 Å². The highest BCUT2D eigenvalue weighted by molar-refractivity contribution is 5.11. The zero-order chi connectivity index (χ0) is 9.73. The third-order valence-electron chi connectivity index (χ3n) is 2.56. The van der Waals surface area contributed by atoms with Crippen LogP contribution in [0.1, 0.15) is 19.8 Å². The average molecular weight is 179 g/mol. The van der Waals surface area contributed by atoms with Crippen LogP contribution in [0.25, 0.3) is 0 Å². The van der Waals surface area contributed by atoms with Gasteiger partial charge in [0.05, 0.1) is 6.07 Å². The van der Waals surface area contributed by atoms with Crippen LogP contribution < -0.4 is 10.6 Å². The van der Waals surface area contributed by atoms with Crippen LogP contribution in [0.4, 0.5) is 0 Å². The summed E-state index contributed by atoms with van der Waals surface area (Å²) in [6.07, 6.45) is 3.76. The lowest BCUT2D eigenvalue weighted by Crippen LogP contribution is -2.57. The van der Waals surface area contributed by atoms with E-state index in [1.54, 1.807) is 6.08 Å². The van der Waals surface area contributed by atoms with Gasteiger partial charge in [-0.15, -0.1) is 6.58 Å². The van der Waals surface area contributed by atoms with Gasteiger partial charge >= 0.3 is 0 Å². The van der Waals surface area contributed by atoms with Gasteiger partial charge in [0.1, 0.15) is 5.54 Å². The van der Waals surface area contributed by atoms with E-state index in [1.807, 2.05) is 0 Å². The molecule has 3 nitrogen and oxygen atoms in total. The minimum Gasteiger partial charge on any atom is -0.311 e. The van der Waals surface area contributed by atoms with Gasteiger partial charge in [-0.05, 0) is 19.8 Å². The second-order valence-corrected chi connectivity index (χ2v) is 3.68. The van der Waals surface area contributed by atoms with Gasteiger partial charge in [0.15, 0.2) is 0 Å². The first-order valence-electron chi connectivity index (χ1n) is 4.73. The maximum absolute atomic E-state index is 9.07. The summed E-state index contributed by atoms with van der Waals surface area (Å²) >= 11 is 0. The third kappa shape index (κ3) is 2.55. The average Bonchev–Trinajstić information content (AvgIpc) is 2.18. The summed E-state index contributed by atoms with van der Waals surface area (Å²) in [4.78, 5) is 0. The number of rotatable bonds is 3. The molecule has 1 heterocycles. The monoisotopic (exact) mass is 179 g/mol. The molecular weight excluding hydrogens is 162 g/mol. The Morgan fingerprint density at radius 2 is 2.62 bits per heavy atom. The van der Waals surface area contributed by atoms with Gasteiger partial charge in [-0.3, -0.25) is 5.32 Å². The Bertz CT molecular complexity index is 209. The SMILES string of the molecule is C=CCNC1(C#N)CCC(C)NC1. The van der Waals surface area contributed by atoms with Crippen LogP contribution in [0.3, 0.4) is 0 Å². The molecule has 3 heteroatoms. The second kappa shape index (κ2) is 4.40. The summed E-state index contributed by atoms with van der Waals surface area (Å²) in [7, 11) is 0. The van der Waals surface area contributed by atoms with Crippen molar-refractivity contribution >= 4 is 0 Å². The zero-order valence-corrected chi connectivity index (χ0v) is 8.14. The van der Waals surface area contributed by atoms with E-state index in [2.05, 4.69) is 30.2 Å². The molecule has 0 aromatic rings.